The molecule has 0 aliphatic rings. The molecule has 22 heavy (non-hydrogen) atoms. The van der Waals surface area contributed by atoms with Gasteiger partial charge in [-0.1, -0.05) is 13.8 Å². The quantitative estimate of drug-likeness (QED) is 0.830. The summed E-state index contributed by atoms with van der Waals surface area (Å²) in [5.41, 5.74) is 6.25. The minimum absolute atomic E-state index is 0. The number of alkyl halides is 3. The average molecular weight is 342 g/mol. The zero-order valence-electron chi connectivity index (χ0n) is 12.2. The van der Waals surface area contributed by atoms with Crippen LogP contribution in [-0.2, 0) is 11.3 Å². The maximum atomic E-state index is 12.0. The van der Waals surface area contributed by atoms with Gasteiger partial charge in [-0.25, -0.2) is 4.98 Å². The van der Waals surface area contributed by atoms with Gasteiger partial charge in [0.15, 0.2) is 6.61 Å². The number of ether oxygens (including phenoxy) is 1. The summed E-state index contributed by atoms with van der Waals surface area (Å²) < 4.78 is 40.6. The van der Waals surface area contributed by atoms with Crippen LogP contribution in [0.1, 0.15) is 19.4 Å². The number of amides is 1. The minimum Gasteiger partial charge on any atom is -0.468 e. The predicted octanol–water partition coefficient (Wildman–Crippen LogP) is 2.04. The molecule has 126 valence electrons. The fourth-order valence-corrected chi connectivity index (χ4v) is 1.40. The first-order valence-corrected chi connectivity index (χ1v) is 6.37. The van der Waals surface area contributed by atoms with E-state index in [2.05, 4.69) is 15.0 Å². The summed E-state index contributed by atoms with van der Waals surface area (Å²) >= 11 is 0. The minimum atomic E-state index is -4.42. The third kappa shape index (κ3) is 7.46. The summed E-state index contributed by atoms with van der Waals surface area (Å²) in [5.74, 6) is -0.472. The van der Waals surface area contributed by atoms with Crippen LogP contribution in [0.5, 0.6) is 5.88 Å². The van der Waals surface area contributed by atoms with E-state index in [0.29, 0.717) is 5.56 Å². The Morgan fingerprint density at radius 1 is 1.45 bits per heavy atom. The van der Waals surface area contributed by atoms with Gasteiger partial charge in [0.2, 0.25) is 11.8 Å². The van der Waals surface area contributed by atoms with Crippen molar-refractivity contribution < 1.29 is 22.7 Å². The first kappa shape index (κ1) is 20.5. The van der Waals surface area contributed by atoms with Gasteiger partial charge in [0, 0.05) is 18.8 Å². The van der Waals surface area contributed by atoms with Crippen molar-refractivity contribution in [1.82, 2.24) is 10.3 Å². The zero-order chi connectivity index (χ0) is 16.0. The molecule has 0 radical (unpaired) electrons. The van der Waals surface area contributed by atoms with Crippen molar-refractivity contribution in [3.05, 3.63) is 23.9 Å². The Kier molecular flexibility index (Phi) is 8.18. The van der Waals surface area contributed by atoms with E-state index in [4.69, 9.17) is 5.73 Å². The molecule has 1 rings (SSSR count). The molecule has 0 spiro atoms. The van der Waals surface area contributed by atoms with Crippen LogP contribution in [0.3, 0.4) is 0 Å². The Morgan fingerprint density at radius 3 is 2.64 bits per heavy atom. The van der Waals surface area contributed by atoms with Gasteiger partial charge < -0.3 is 15.8 Å². The Labute approximate surface area is 132 Å². The molecule has 0 aliphatic heterocycles. The van der Waals surface area contributed by atoms with Crippen LogP contribution in [0.15, 0.2) is 18.3 Å². The monoisotopic (exact) mass is 341 g/mol. The molecule has 0 bridgehead atoms. The van der Waals surface area contributed by atoms with E-state index in [-0.39, 0.29) is 36.7 Å². The molecule has 1 amide bonds. The molecular weight excluding hydrogens is 323 g/mol. The molecular formula is C13H19ClF3N3O2. The summed E-state index contributed by atoms with van der Waals surface area (Å²) in [4.78, 5) is 15.3. The van der Waals surface area contributed by atoms with Gasteiger partial charge in [-0.3, -0.25) is 4.79 Å². The lowest BCUT2D eigenvalue weighted by Gasteiger charge is -2.15. The highest BCUT2D eigenvalue weighted by atomic mass is 35.5. The highest BCUT2D eigenvalue weighted by molar-refractivity contribution is 5.85. The van der Waals surface area contributed by atoms with Gasteiger partial charge >= 0.3 is 6.18 Å². The average Bonchev–Trinajstić information content (AvgIpc) is 2.41. The second-order valence-electron chi connectivity index (χ2n) is 4.89. The molecule has 5 nitrogen and oxygen atoms in total. The number of rotatable bonds is 6. The molecule has 3 N–H and O–H groups in total. The van der Waals surface area contributed by atoms with E-state index < -0.39 is 18.8 Å². The van der Waals surface area contributed by atoms with E-state index in [9.17, 15) is 18.0 Å². The SMILES string of the molecule is CC(C)[C@H](N)C(=O)NCc1ccnc(OCC(F)(F)F)c1.Cl. The number of halogens is 4. The number of nitrogens with one attached hydrogen (secondary N) is 1. The fourth-order valence-electron chi connectivity index (χ4n) is 1.40. The molecule has 1 aromatic rings. The van der Waals surface area contributed by atoms with Crippen LogP contribution < -0.4 is 15.8 Å². The van der Waals surface area contributed by atoms with Crippen molar-refractivity contribution >= 4 is 18.3 Å². The van der Waals surface area contributed by atoms with Gasteiger partial charge in [-0.2, -0.15) is 13.2 Å². The number of nitrogens with zero attached hydrogens (tertiary/aromatic N) is 1. The van der Waals surface area contributed by atoms with Crippen molar-refractivity contribution in [3.63, 3.8) is 0 Å². The van der Waals surface area contributed by atoms with Crippen molar-refractivity contribution in [1.29, 1.82) is 0 Å². The molecule has 0 saturated carbocycles. The third-order valence-corrected chi connectivity index (χ3v) is 2.67. The molecule has 1 heterocycles. The first-order valence-electron chi connectivity index (χ1n) is 6.37. The Morgan fingerprint density at radius 2 is 2.09 bits per heavy atom. The van der Waals surface area contributed by atoms with E-state index in [1.807, 2.05) is 13.8 Å². The largest absolute Gasteiger partial charge is 0.468 e. The highest BCUT2D eigenvalue weighted by Gasteiger charge is 2.28. The fraction of sp³-hybridized carbons (Fsp3) is 0.538. The third-order valence-electron chi connectivity index (χ3n) is 2.67. The summed E-state index contributed by atoms with van der Waals surface area (Å²) in [5, 5.41) is 2.61. The number of aromatic nitrogens is 1. The molecule has 1 atom stereocenters. The lowest BCUT2D eigenvalue weighted by Crippen LogP contribution is -2.43. The van der Waals surface area contributed by atoms with Crippen LogP contribution in [-0.4, -0.2) is 29.7 Å². The molecule has 0 saturated heterocycles. The molecule has 9 heteroatoms. The number of pyridine rings is 1. The number of carbonyl (C=O) groups is 1. The van der Waals surface area contributed by atoms with Crippen molar-refractivity contribution in [2.45, 2.75) is 32.6 Å². The molecule has 0 unspecified atom stereocenters. The number of hydrogen-bond acceptors (Lipinski definition) is 4. The molecule has 0 fully saturated rings. The standard InChI is InChI=1S/C13H18F3N3O2.ClH/c1-8(2)11(17)12(20)19-6-9-3-4-18-10(5-9)21-7-13(14,15)16;/h3-5,8,11H,6-7,17H2,1-2H3,(H,19,20);1H/t11-;/m0./s1. The first-order chi connectivity index (χ1) is 9.69. The second-order valence-corrected chi connectivity index (χ2v) is 4.89. The van der Waals surface area contributed by atoms with Crippen LogP contribution in [0.25, 0.3) is 0 Å². The zero-order valence-corrected chi connectivity index (χ0v) is 13.0. The van der Waals surface area contributed by atoms with E-state index in [0.717, 1.165) is 0 Å². The number of nitrogens with two attached hydrogens (primary N) is 1. The molecule has 0 aliphatic carbocycles. The summed E-state index contributed by atoms with van der Waals surface area (Å²) in [6.07, 6.45) is -3.11. The van der Waals surface area contributed by atoms with Gasteiger partial charge in [-0.05, 0) is 17.5 Å². The Bertz CT molecular complexity index is 484. The van der Waals surface area contributed by atoms with Crippen LogP contribution in [0, 0.1) is 5.92 Å². The summed E-state index contributed by atoms with van der Waals surface area (Å²) in [7, 11) is 0. The Hall–Kier alpha value is -1.54. The van der Waals surface area contributed by atoms with Crippen LogP contribution in [0.4, 0.5) is 13.2 Å². The normalized spacial score (nSPS) is 12.5. The molecule has 0 aromatic carbocycles. The van der Waals surface area contributed by atoms with Gasteiger partial charge in [-0.15, -0.1) is 12.4 Å². The van der Waals surface area contributed by atoms with Crippen molar-refractivity contribution in [3.8, 4) is 5.88 Å². The summed E-state index contributed by atoms with van der Waals surface area (Å²) in [6.45, 7) is 2.37. The van der Waals surface area contributed by atoms with Gasteiger partial charge in [0.25, 0.3) is 0 Å². The van der Waals surface area contributed by atoms with Crippen LogP contribution in [0.2, 0.25) is 0 Å². The highest BCUT2D eigenvalue weighted by Crippen LogP contribution is 2.17. The van der Waals surface area contributed by atoms with E-state index in [1.165, 1.54) is 12.3 Å². The second kappa shape index (κ2) is 8.79. The number of hydrogen-bond donors (Lipinski definition) is 2. The van der Waals surface area contributed by atoms with Crippen LogP contribution >= 0.6 is 12.4 Å². The maximum Gasteiger partial charge on any atom is 0.422 e. The van der Waals surface area contributed by atoms with Crippen molar-refractivity contribution in [2.75, 3.05) is 6.61 Å². The van der Waals surface area contributed by atoms with Gasteiger partial charge in [0.05, 0.1) is 6.04 Å². The topological polar surface area (TPSA) is 77.2 Å². The maximum absolute atomic E-state index is 12.0. The van der Waals surface area contributed by atoms with Crippen molar-refractivity contribution in [2.24, 2.45) is 11.7 Å². The number of carbonyl (C=O) groups excluding carboxylic acids is 1. The van der Waals surface area contributed by atoms with Gasteiger partial charge in [0.1, 0.15) is 0 Å². The predicted molar refractivity (Wildman–Crippen MR) is 77.7 cm³/mol. The molecule has 1 aromatic heterocycles. The Balaban J connectivity index is 0.00000441. The lowest BCUT2D eigenvalue weighted by atomic mass is 10.1. The smallest absolute Gasteiger partial charge is 0.422 e. The van der Waals surface area contributed by atoms with E-state index in [1.54, 1.807) is 6.07 Å². The lowest BCUT2D eigenvalue weighted by molar-refractivity contribution is -0.154. The summed E-state index contributed by atoms with van der Waals surface area (Å²) in [6, 6.07) is 2.28. The van der Waals surface area contributed by atoms with E-state index >= 15 is 0 Å².